The Kier molecular flexibility index (Phi) is 9.18. The van der Waals surface area contributed by atoms with E-state index in [1.807, 2.05) is 42.5 Å². The Bertz CT molecular complexity index is 497. The van der Waals surface area contributed by atoms with Crippen LogP contribution in [0.25, 0.3) is 11.3 Å². The Labute approximate surface area is 132 Å². The van der Waals surface area contributed by atoms with Gasteiger partial charge in [0.1, 0.15) is 0 Å². The zero-order valence-electron chi connectivity index (χ0n) is 11.3. The Morgan fingerprint density at radius 1 is 1.20 bits per heavy atom. The topological polar surface area (TPSA) is 50.2 Å². The quantitative estimate of drug-likeness (QED) is 0.436. The number of hydrogen-bond acceptors (Lipinski definition) is 3. The number of aliphatic hydroxyl groups excluding tert-OH is 1. The van der Waals surface area contributed by atoms with Crippen LogP contribution < -0.4 is 0 Å². The van der Waals surface area contributed by atoms with Gasteiger partial charge in [-0.3, -0.25) is 4.79 Å². The van der Waals surface area contributed by atoms with Crippen molar-refractivity contribution in [3.63, 3.8) is 0 Å². The number of aromatic nitrogens is 1. The molecule has 0 saturated heterocycles. The summed E-state index contributed by atoms with van der Waals surface area (Å²) in [5, 5.41) is 8.36. The van der Waals surface area contributed by atoms with Crippen LogP contribution in [0.1, 0.15) is 13.8 Å². The number of carbonyl (C=O) groups excluding carboxylic acids is 1. The monoisotopic (exact) mass is 447 g/mol. The molecule has 0 atom stereocenters. The molecule has 1 aromatic heterocycles. The van der Waals surface area contributed by atoms with Crippen molar-refractivity contribution in [3.05, 3.63) is 66.6 Å². The maximum absolute atomic E-state index is 10.0. The second-order valence-corrected chi connectivity index (χ2v) is 3.89. The molecule has 3 nitrogen and oxygen atoms in total. The molecule has 0 fully saturated rings. The van der Waals surface area contributed by atoms with Gasteiger partial charge in [-0.15, -0.1) is 35.9 Å². The van der Waals surface area contributed by atoms with E-state index in [-0.39, 0.29) is 31.6 Å². The minimum atomic E-state index is -0.125. The summed E-state index contributed by atoms with van der Waals surface area (Å²) < 4.78 is 0. The Hall–Kier alpha value is -1.77. The van der Waals surface area contributed by atoms with Crippen molar-refractivity contribution in [2.24, 2.45) is 0 Å². The number of hydrogen-bond donors (Lipinski definition) is 1. The van der Waals surface area contributed by atoms with Crippen LogP contribution in [0, 0.1) is 6.07 Å². The van der Waals surface area contributed by atoms with Crippen molar-refractivity contribution in [2.45, 2.75) is 13.8 Å². The fourth-order valence-corrected chi connectivity index (χ4v) is 1.37. The average molecular weight is 447 g/mol. The molecule has 0 saturated carbocycles. The smallest absolute Gasteiger partial charge is 0.155 e. The van der Waals surface area contributed by atoms with E-state index in [1.54, 1.807) is 6.20 Å². The zero-order chi connectivity index (χ0) is 14.1. The molecule has 20 heavy (non-hydrogen) atoms. The molecule has 0 aliphatic carbocycles. The number of aliphatic hydroxyl groups is 1. The molecule has 0 aliphatic rings. The second kappa shape index (κ2) is 10.1. The third kappa shape index (κ3) is 7.62. The van der Waals surface area contributed by atoms with Crippen LogP contribution in [0.2, 0.25) is 0 Å². The molecule has 1 radical (unpaired) electrons. The van der Waals surface area contributed by atoms with Gasteiger partial charge in [-0.05, 0) is 25.6 Å². The Morgan fingerprint density at radius 3 is 2.30 bits per heavy atom. The third-order valence-corrected chi connectivity index (χ3v) is 2.06. The third-order valence-electron chi connectivity index (χ3n) is 2.06. The van der Waals surface area contributed by atoms with Gasteiger partial charge < -0.3 is 10.1 Å². The number of nitrogens with zero attached hydrogens (tertiary/aromatic N) is 1. The van der Waals surface area contributed by atoms with Crippen LogP contribution >= 0.6 is 0 Å². The molecule has 1 aromatic carbocycles. The maximum atomic E-state index is 10.0. The minimum Gasteiger partial charge on any atom is -0.512 e. The van der Waals surface area contributed by atoms with E-state index in [0.717, 1.165) is 11.3 Å². The molecule has 0 bridgehead atoms. The van der Waals surface area contributed by atoms with E-state index in [0.29, 0.717) is 0 Å². The molecule has 2 aromatic rings. The van der Waals surface area contributed by atoms with E-state index in [4.69, 9.17) is 5.11 Å². The first-order valence-electron chi connectivity index (χ1n) is 5.85. The molecule has 0 amide bonds. The van der Waals surface area contributed by atoms with E-state index >= 15 is 0 Å². The summed E-state index contributed by atoms with van der Waals surface area (Å²) in [5.41, 5.74) is 2.01. The zero-order valence-corrected chi connectivity index (χ0v) is 13.7. The first kappa shape index (κ1) is 18.2. The minimum absolute atomic E-state index is 0. The van der Waals surface area contributed by atoms with Crippen molar-refractivity contribution < 1.29 is 30.0 Å². The van der Waals surface area contributed by atoms with Gasteiger partial charge in [-0.2, -0.15) is 0 Å². The first-order chi connectivity index (χ1) is 9.09. The van der Waals surface area contributed by atoms with Gasteiger partial charge in [0.05, 0.1) is 5.76 Å². The van der Waals surface area contributed by atoms with Crippen LogP contribution in [-0.4, -0.2) is 15.9 Å². The van der Waals surface area contributed by atoms with E-state index in [2.05, 4.69) is 11.1 Å². The van der Waals surface area contributed by atoms with Crippen LogP contribution in [0.3, 0.4) is 0 Å². The number of rotatable bonds is 2. The van der Waals surface area contributed by atoms with Crippen LogP contribution in [0.15, 0.2) is 60.5 Å². The summed E-state index contributed by atoms with van der Waals surface area (Å²) in [6.45, 7) is 2.85. The molecule has 0 unspecified atom stereocenters. The summed E-state index contributed by atoms with van der Waals surface area (Å²) in [7, 11) is 0. The molecule has 2 rings (SSSR count). The predicted molar refractivity (Wildman–Crippen MR) is 75.6 cm³/mol. The number of pyridine rings is 1. The average Bonchev–Trinajstić information content (AvgIpc) is 2.40. The molecular formula is C16H16IrNO2-. The first-order valence-corrected chi connectivity index (χ1v) is 5.85. The molecule has 1 N–H and O–H groups in total. The maximum Gasteiger partial charge on any atom is 0.155 e. The van der Waals surface area contributed by atoms with Crippen LogP contribution in [0.4, 0.5) is 0 Å². The standard InChI is InChI=1S/C11H8N.C5H8O2.Ir/c1-2-6-10(7-3-1)11-8-4-5-9-12-11;1-4(6)3-5(2)7;/h1-6,8-9H;3,6H,1-2H3;/q-1;;/b;4-3-;. The predicted octanol–water partition coefficient (Wildman–Crippen LogP) is 3.58. The fourth-order valence-electron chi connectivity index (χ4n) is 1.37. The Morgan fingerprint density at radius 2 is 1.90 bits per heavy atom. The van der Waals surface area contributed by atoms with Crippen molar-refractivity contribution in [2.75, 3.05) is 0 Å². The molecule has 0 aliphatic heterocycles. The summed E-state index contributed by atoms with van der Waals surface area (Å²) in [6, 6.07) is 16.8. The van der Waals surface area contributed by atoms with Crippen LogP contribution in [0.5, 0.6) is 0 Å². The molecular weight excluding hydrogens is 430 g/mol. The second-order valence-electron chi connectivity index (χ2n) is 3.89. The summed E-state index contributed by atoms with van der Waals surface area (Å²) in [4.78, 5) is 14.2. The van der Waals surface area contributed by atoms with E-state index in [9.17, 15) is 4.79 Å². The van der Waals surface area contributed by atoms with Gasteiger partial charge in [0.25, 0.3) is 0 Å². The van der Waals surface area contributed by atoms with Crippen LogP contribution in [-0.2, 0) is 24.9 Å². The molecule has 107 valence electrons. The summed E-state index contributed by atoms with van der Waals surface area (Å²) in [6.07, 6.45) is 2.95. The van der Waals surface area contributed by atoms with Gasteiger partial charge in [-0.25, -0.2) is 0 Å². The summed E-state index contributed by atoms with van der Waals surface area (Å²) >= 11 is 0. The largest absolute Gasteiger partial charge is 0.512 e. The molecule has 0 spiro atoms. The van der Waals surface area contributed by atoms with Gasteiger partial charge in [-0.1, -0.05) is 12.1 Å². The summed E-state index contributed by atoms with van der Waals surface area (Å²) in [5.74, 6) is -0.0625. The molecule has 1 heterocycles. The van der Waals surface area contributed by atoms with E-state index in [1.165, 1.54) is 19.9 Å². The van der Waals surface area contributed by atoms with Crippen molar-refractivity contribution >= 4 is 5.78 Å². The normalized spacial score (nSPS) is 9.80. The number of ketones is 1. The van der Waals surface area contributed by atoms with E-state index < -0.39 is 0 Å². The van der Waals surface area contributed by atoms with Gasteiger partial charge in [0, 0.05) is 32.4 Å². The fraction of sp³-hybridized carbons (Fsp3) is 0.125. The van der Waals surface area contributed by atoms with Crippen molar-refractivity contribution in [1.29, 1.82) is 0 Å². The SMILES string of the molecule is CC(=O)/C=C(/C)O.[Ir].[c-]1ccccc1-c1ccccn1. The number of carbonyl (C=O) groups is 1. The van der Waals surface area contributed by atoms with Gasteiger partial charge in [0.2, 0.25) is 0 Å². The van der Waals surface area contributed by atoms with Crippen molar-refractivity contribution in [3.8, 4) is 11.3 Å². The van der Waals surface area contributed by atoms with Gasteiger partial charge >= 0.3 is 0 Å². The number of allylic oxidation sites excluding steroid dienone is 2. The van der Waals surface area contributed by atoms with Crippen molar-refractivity contribution in [1.82, 2.24) is 4.98 Å². The Balaban J connectivity index is 0.000000396. The molecule has 4 heteroatoms. The number of benzene rings is 1. The van der Waals surface area contributed by atoms with Gasteiger partial charge in [0.15, 0.2) is 5.78 Å².